The topological polar surface area (TPSA) is 47.6 Å². The number of hydrogen-bond donors (Lipinski definition) is 1. The van der Waals surface area contributed by atoms with Crippen molar-refractivity contribution in [1.82, 2.24) is 5.32 Å². The molecule has 4 heteroatoms. The second kappa shape index (κ2) is 6.69. The van der Waals surface area contributed by atoms with Crippen LogP contribution in [0.2, 0.25) is 0 Å². The van der Waals surface area contributed by atoms with Crippen molar-refractivity contribution < 1.29 is 14.3 Å². The lowest BCUT2D eigenvalue weighted by atomic mass is 10.3. The van der Waals surface area contributed by atoms with Gasteiger partial charge in [-0.25, -0.2) is 0 Å². The summed E-state index contributed by atoms with van der Waals surface area (Å²) in [5.74, 6) is 1.23. The summed E-state index contributed by atoms with van der Waals surface area (Å²) >= 11 is 0. The lowest BCUT2D eigenvalue weighted by Gasteiger charge is -2.14. The molecular formula is C14H19NO3. The van der Waals surface area contributed by atoms with Gasteiger partial charge in [-0.2, -0.15) is 0 Å². The highest BCUT2D eigenvalue weighted by Crippen LogP contribution is 2.18. The average Bonchev–Trinajstić information content (AvgIpc) is 2.36. The lowest BCUT2D eigenvalue weighted by molar-refractivity contribution is -0.127. The second-order valence-corrected chi connectivity index (χ2v) is 4.11. The Morgan fingerprint density at radius 2 is 1.89 bits per heavy atom. The Morgan fingerprint density at radius 1 is 1.33 bits per heavy atom. The first kappa shape index (κ1) is 14.1. The summed E-state index contributed by atoms with van der Waals surface area (Å²) in [4.78, 5) is 11.7. The molecule has 0 heterocycles. The van der Waals surface area contributed by atoms with E-state index in [9.17, 15) is 4.79 Å². The highest BCUT2D eigenvalue weighted by atomic mass is 16.5. The van der Waals surface area contributed by atoms with Crippen LogP contribution in [0.15, 0.2) is 36.4 Å². The Morgan fingerprint density at radius 3 is 2.39 bits per heavy atom. The number of methoxy groups -OCH3 is 1. The molecule has 0 radical (unpaired) electrons. The number of carbonyl (C=O) groups excluding carboxylic acids is 1. The van der Waals surface area contributed by atoms with Crippen LogP contribution in [-0.2, 0) is 4.79 Å². The van der Waals surface area contributed by atoms with Gasteiger partial charge in [0.15, 0.2) is 6.10 Å². The minimum absolute atomic E-state index is 0.159. The summed E-state index contributed by atoms with van der Waals surface area (Å²) < 4.78 is 10.6. The zero-order valence-corrected chi connectivity index (χ0v) is 11.0. The first-order valence-electron chi connectivity index (χ1n) is 5.75. The van der Waals surface area contributed by atoms with Gasteiger partial charge in [-0.15, -0.1) is 0 Å². The Hall–Kier alpha value is -1.97. The molecule has 1 aromatic rings. The van der Waals surface area contributed by atoms with Gasteiger partial charge in [0, 0.05) is 6.54 Å². The van der Waals surface area contributed by atoms with Crippen LogP contribution < -0.4 is 14.8 Å². The van der Waals surface area contributed by atoms with Crippen molar-refractivity contribution in [3.63, 3.8) is 0 Å². The van der Waals surface area contributed by atoms with Gasteiger partial charge in [-0.1, -0.05) is 12.2 Å². The molecular weight excluding hydrogens is 230 g/mol. The van der Waals surface area contributed by atoms with Crippen molar-refractivity contribution in [2.45, 2.75) is 20.0 Å². The first-order valence-corrected chi connectivity index (χ1v) is 5.75. The monoisotopic (exact) mass is 249 g/mol. The van der Waals surface area contributed by atoms with Crippen molar-refractivity contribution in [1.29, 1.82) is 0 Å². The second-order valence-electron chi connectivity index (χ2n) is 4.11. The van der Waals surface area contributed by atoms with Gasteiger partial charge < -0.3 is 14.8 Å². The summed E-state index contributed by atoms with van der Waals surface area (Å²) in [6.07, 6.45) is -0.544. The van der Waals surface area contributed by atoms with Gasteiger partial charge in [0.25, 0.3) is 5.91 Å². The van der Waals surface area contributed by atoms with Crippen LogP contribution in [0.25, 0.3) is 0 Å². The van der Waals surface area contributed by atoms with Crippen molar-refractivity contribution in [3.05, 3.63) is 36.4 Å². The van der Waals surface area contributed by atoms with E-state index in [-0.39, 0.29) is 5.91 Å². The number of carbonyl (C=O) groups is 1. The molecule has 0 bridgehead atoms. The summed E-state index contributed by atoms with van der Waals surface area (Å²) in [5.41, 5.74) is 0.903. The van der Waals surface area contributed by atoms with Crippen LogP contribution in [-0.4, -0.2) is 25.7 Å². The Balaban J connectivity index is 2.49. The molecule has 1 rings (SSSR count). The summed E-state index contributed by atoms with van der Waals surface area (Å²) in [7, 11) is 1.60. The molecule has 1 atom stereocenters. The molecule has 0 spiro atoms. The quantitative estimate of drug-likeness (QED) is 0.786. The van der Waals surface area contributed by atoms with E-state index in [4.69, 9.17) is 9.47 Å². The third kappa shape index (κ3) is 4.49. The van der Waals surface area contributed by atoms with E-state index in [1.165, 1.54) is 0 Å². The van der Waals surface area contributed by atoms with E-state index >= 15 is 0 Å². The van der Waals surface area contributed by atoms with E-state index in [1.807, 2.05) is 6.92 Å². The highest BCUT2D eigenvalue weighted by Gasteiger charge is 2.13. The van der Waals surface area contributed by atoms with Crippen LogP contribution >= 0.6 is 0 Å². The third-order valence-corrected chi connectivity index (χ3v) is 2.31. The molecule has 1 N–H and O–H groups in total. The van der Waals surface area contributed by atoms with Gasteiger partial charge in [0.05, 0.1) is 7.11 Å². The minimum Gasteiger partial charge on any atom is -0.497 e. The summed E-state index contributed by atoms with van der Waals surface area (Å²) in [6, 6.07) is 7.10. The summed E-state index contributed by atoms with van der Waals surface area (Å²) in [6.45, 7) is 7.75. The number of hydrogen-bond acceptors (Lipinski definition) is 3. The predicted molar refractivity (Wildman–Crippen MR) is 70.9 cm³/mol. The largest absolute Gasteiger partial charge is 0.497 e. The van der Waals surface area contributed by atoms with Gasteiger partial charge >= 0.3 is 0 Å². The molecule has 1 amide bonds. The number of amides is 1. The van der Waals surface area contributed by atoms with E-state index in [1.54, 1.807) is 38.3 Å². The van der Waals surface area contributed by atoms with Crippen LogP contribution in [0.3, 0.4) is 0 Å². The standard InChI is InChI=1S/C14H19NO3/c1-10(2)9-15-14(16)11(3)18-13-7-5-12(17-4)6-8-13/h5-8,11H,1,9H2,2-4H3,(H,15,16). The molecule has 1 aromatic carbocycles. The number of benzene rings is 1. The molecule has 0 saturated heterocycles. The Bertz CT molecular complexity index is 412. The smallest absolute Gasteiger partial charge is 0.261 e. The van der Waals surface area contributed by atoms with Crippen molar-refractivity contribution in [3.8, 4) is 11.5 Å². The van der Waals surface area contributed by atoms with E-state index < -0.39 is 6.10 Å². The fourth-order valence-electron chi connectivity index (χ4n) is 1.29. The predicted octanol–water partition coefficient (Wildman–Crippen LogP) is 2.15. The molecule has 0 aliphatic carbocycles. The molecule has 98 valence electrons. The van der Waals surface area contributed by atoms with Crippen molar-refractivity contribution in [2.24, 2.45) is 0 Å². The normalized spacial score (nSPS) is 11.5. The molecule has 0 fully saturated rings. The average molecular weight is 249 g/mol. The third-order valence-electron chi connectivity index (χ3n) is 2.31. The highest BCUT2D eigenvalue weighted by molar-refractivity contribution is 5.80. The molecule has 0 aliphatic rings. The van der Waals surface area contributed by atoms with Gasteiger partial charge in [0.1, 0.15) is 11.5 Å². The molecule has 0 saturated carbocycles. The minimum atomic E-state index is -0.544. The zero-order valence-electron chi connectivity index (χ0n) is 11.0. The fraction of sp³-hybridized carbons (Fsp3) is 0.357. The molecule has 1 unspecified atom stereocenters. The number of rotatable bonds is 6. The van der Waals surface area contributed by atoms with Crippen molar-refractivity contribution in [2.75, 3.05) is 13.7 Å². The molecule has 18 heavy (non-hydrogen) atoms. The number of nitrogens with one attached hydrogen (secondary N) is 1. The van der Waals surface area contributed by atoms with Crippen LogP contribution in [0.5, 0.6) is 11.5 Å². The van der Waals surface area contributed by atoms with Crippen LogP contribution in [0.4, 0.5) is 0 Å². The lowest BCUT2D eigenvalue weighted by Crippen LogP contribution is -2.37. The van der Waals surface area contributed by atoms with E-state index in [0.717, 1.165) is 11.3 Å². The molecule has 0 aliphatic heterocycles. The SMILES string of the molecule is C=C(C)CNC(=O)C(C)Oc1ccc(OC)cc1. The van der Waals surface area contributed by atoms with Crippen LogP contribution in [0, 0.1) is 0 Å². The van der Waals surface area contributed by atoms with Crippen molar-refractivity contribution >= 4 is 5.91 Å². The fourth-order valence-corrected chi connectivity index (χ4v) is 1.29. The Kier molecular flexibility index (Phi) is 5.24. The maximum atomic E-state index is 11.7. The first-order chi connectivity index (χ1) is 8.52. The van der Waals surface area contributed by atoms with E-state index in [0.29, 0.717) is 12.3 Å². The Labute approximate surface area is 108 Å². The van der Waals surface area contributed by atoms with Gasteiger partial charge in [-0.05, 0) is 38.1 Å². The van der Waals surface area contributed by atoms with Crippen LogP contribution in [0.1, 0.15) is 13.8 Å². The van der Waals surface area contributed by atoms with Gasteiger partial charge in [0.2, 0.25) is 0 Å². The van der Waals surface area contributed by atoms with Gasteiger partial charge in [-0.3, -0.25) is 4.79 Å². The zero-order chi connectivity index (χ0) is 13.5. The number of ether oxygens (including phenoxy) is 2. The molecule has 4 nitrogen and oxygen atoms in total. The maximum Gasteiger partial charge on any atom is 0.261 e. The summed E-state index contributed by atoms with van der Waals surface area (Å²) in [5, 5.41) is 2.74. The molecule has 0 aromatic heterocycles. The maximum absolute atomic E-state index is 11.7. The van der Waals surface area contributed by atoms with E-state index in [2.05, 4.69) is 11.9 Å².